The third-order valence-electron chi connectivity index (χ3n) is 5.70. The van der Waals surface area contributed by atoms with Crippen molar-refractivity contribution in [3.63, 3.8) is 0 Å². The van der Waals surface area contributed by atoms with Crippen LogP contribution in [0, 0.1) is 13.8 Å². The summed E-state index contributed by atoms with van der Waals surface area (Å²) in [6, 6.07) is 13.6. The molecule has 2 aliphatic carbocycles. The van der Waals surface area contributed by atoms with Gasteiger partial charge in [0.05, 0.1) is 0 Å². The maximum absolute atomic E-state index is 2.34. The molecule has 0 saturated heterocycles. The first-order chi connectivity index (χ1) is 11.7. The minimum Gasteiger partial charge on any atom is -0.0795 e. The zero-order valence-corrected chi connectivity index (χ0v) is 14.9. The molecule has 0 amide bonds. The molecule has 4 rings (SSSR count). The van der Waals surface area contributed by atoms with E-state index in [0.717, 1.165) is 6.42 Å². The van der Waals surface area contributed by atoms with Gasteiger partial charge in [-0.3, -0.25) is 0 Å². The third-order valence-corrected chi connectivity index (χ3v) is 5.70. The molecule has 0 heterocycles. The molecule has 0 saturated carbocycles. The van der Waals surface area contributed by atoms with Gasteiger partial charge in [0.15, 0.2) is 0 Å². The van der Waals surface area contributed by atoms with E-state index in [9.17, 15) is 0 Å². The molecule has 0 atom stereocenters. The summed E-state index contributed by atoms with van der Waals surface area (Å²) >= 11 is 0. The van der Waals surface area contributed by atoms with Gasteiger partial charge in [-0.2, -0.15) is 0 Å². The Bertz CT molecular complexity index is 833. The van der Waals surface area contributed by atoms with E-state index < -0.39 is 0 Å². The minimum absolute atomic E-state index is 1.03. The molecule has 0 radical (unpaired) electrons. The molecule has 0 aliphatic heterocycles. The monoisotopic (exact) mass is 314 g/mol. The van der Waals surface area contributed by atoms with Gasteiger partial charge in [-0.25, -0.2) is 0 Å². The Labute approximate surface area is 145 Å². The van der Waals surface area contributed by atoms with E-state index in [1.54, 1.807) is 22.3 Å². The molecule has 0 spiro atoms. The molecular weight excluding hydrogens is 288 g/mol. The van der Waals surface area contributed by atoms with Crippen molar-refractivity contribution in [2.45, 2.75) is 52.4 Å². The molecule has 0 N–H and O–H groups in total. The summed E-state index contributed by atoms with van der Waals surface area (Å²) in [4.78, 5) is 0. The lowest BCUT2D eigenvalue weighted by Gasteiger charge is -2.16. The Hall–Kier alpha value is -2.08. The molecule has 24 heavy (non-hydrogen) atoms. The molecule has 0 fully saturated rings. The highest BCUT2D eigenvalue weighted by molar-refractivity contribution is 5.79. The average Bonchev–Trinajstić information content (AvgIpc) is 2.97. The van der Waals surface area contributed by atoms with Crippen LogP contribution in [-0.4, -0.2) is 0 Å². The zero-order chi connectivity index (χ0) is 16.5. The summed E-state index contributed by atoms with van der Waals surface area (Å²) in [5, 5.41) is 0. The number of fused-ring (bicyclic) bond motifs is 2. The molecular formula is C24H26. The summed E-state index contributed by atoms with van der Waals surface area (Å²) in [5.41, 5.74) is 12.1. The van der Waals surface area contributed by atoms with E-state index in [0.29, 0.717) is 0 Å². The normalized spacial score (nSPS) is 16.6. The van der Waals surface area contributed by atoms with Crippen LogP contribution in [0.2, 0.25) is 0 Å². The number of aryl methyl sites for hydroxylation is 2. The highest BCUT2D eigenvalue weighted by Crippen LogP contribution is 2.43. The van der Waals surface area contributed by atoms with Crippen molar-refractivity contribution in [3.8, 4) is 0 Å². The lowest BCUT2D eigenvalue weighted by atomic mass is 9.89. The fraction of sp³-hybridized carbons (Fsp3) is 0.333. The van der Waals surface area contributed by atoms with Crippen LogP contribution in [0.5, 0.6) is 0 Å². The van der Waals surface area contributed by atoms with E-state index >= 15 is 0 Å². The highest BCUT2D eigenvalue weighted by atomic mass is 14.3. The summed E-state index contributed by atoms with van der Waals surface area (Å²) in [6.45, 7) is 4.36. The summed E-state index contributed by atoms with van der Waals surface area (Å²) in [7, 11) is 0. The first-order valence-corrected chi connectivity index (χ1v) is 9.28. The van der Waals surface area contributed by atoms with Gasteiger partial charge in [-0.15, -0.1) is 0 Å². The Balaban J connectivity index is 1.58. The molecule has 2 aromatic rings. The third kappa shape index (κ3) is 2.86. The second-order valence-corrected chi connectivity index (χ2v) is 7.37. The molecule has 0 heteroatoms. The van der Waals surface area contributed by atoms with Crippen LogP contribution >= 0.6 is 0 Å². The van der Waals surface area contributed by atoms with Crippen LogP contribution in [0.15, 0.2) is 48.0 Å². The van der Waals surface area contributed by atoms with E-state index in [2.05, 4.69) is 62.4 Å². The Morgan fingerprint density at radius 3 is 2.71 bits per heavy atom. The van der Waals surface area contributed by atoms with Crippen molar-refractivity contribution >= 4 is 11.6 Å². The zero-order valence-electron chi connectivity index (χ0n) is 14.9. The number of allylic oxidation sites excluding steroid dienone is 3. The van der Waals surface area contributed by atoms with Crippen LogP contribution in [0.4, 0.5) is 0 Å². The largest absolute Gasteiger partial charge is 0.0795 e. The summed E-state index contributed by atoms with van der Waals surface area (Å²) < 4.78 is 0. The minimum atomic E-state index is 1.03. The van der Waals surface area contributed by atoms with Crippen molar-refractivity contribution in [2.75, 3.05) is 0 Å². The van der Waals surface area contributed by atoms with E-state index in [-0.39, 0.29) is 0 Å². The van der Waals surface area contributed by atoms with Gasteiger partial charge in [0.2, 0.25) is 0 Å². The fourth-order valence-electron chi connectivity index (χ4n) is 4.24. The van der Waals surface area contributed by atoms with Crippen molar-refractivity contribution in [3.05, 3.63) is 81.4 Å². The van der Waals surface area contributed by atoms with Crippen LogP contribution in [-0.2, 0) is 12.8 Å². The van der Waals surface area contributed by atoms with Gasteiger partial charge < -0.3 is 0 Å². The predicted octanol–water partition coefficient (Wildman–Crippen LogP) is 6.44. The molecule has 0 aromatic heterocycles. The van der Waals surface area contributed by atoms with Gasteiger partial charge >= 0.3 is 0 Å². The SMILES string of the molecule is Cc1ccc(/C=C/Cc2cccc3c2C2=C(CCCC2)C3)cc1C. The summed E-state index contributed by atoms with van der Waals surface area (Å²) in [6.07, 6.45) is 12.2. The second-order valence-electron chi connectivity index (χ2n) is 7.37. The van der Waals surface area contributed by atoms with Gasteiger partial charge in [-0.05, 0) is 91.3 Å². The van der Waals surface area contributed by atoms with Gasteiger partial charge in [-0.1, -0.05) is 54.1 Å². The van der Waals surface area contributed by atoms with Crippen LogP contribution in [0.1, 0.15) is 59.1 Å². The fourth-order valence-corrected chi connectivity index (χ4v) is 4.24. The maximum Gasteiger partial charge on any atom is -0.00549 e. The second kappa shape index (κ2) is 6.43. The number of hydrogen-bond donors (Lipinski definition) is 0. The van der Waals surface area contributed by atoms with Gasteiger partial charge in [0.1, 0.15) is 0 Å². The Morgan fingerprint density at radius 2 is 1.83 bits per heavy atom. The van der Waals surface area contributed by atoms with E-state index in [1.807, 2.05) is 0 Å². The quantitative estimate of drug-likeness (QED) is 0.611. The first kappa shape index (κ1) is 15.4. The standard InChI is InChI=1S/C24H26/c1-17-13-14-19(15-18(17)2)7-5-9-20-10-6-11-22-16-21-8-3-4-12-23(21)24(20)22/h5-7,10-11,13-15H,3-4,8-9,12,16H2,1-2H3/b7-5+. The Morgan fingerprint density at radius 1 is 0.958 bits per heavy atom. The van der Waals surface area contributed by atoms with Crippen LogP contribution in [0.3, 0.4) is 0 Å². The number of benzene rings is 2. The number of rotatable bonds is 3. The molecule has 0 unspecified atom stereocenters. The van der Waals surface area contributed by atoms with E-state index in [4.69, 9.17) is 0 Å². The van der Waals surface area contributed by atoms with Crippen molar-refractivity contribution in [1.29, 1.82) is 0 Å². The predicted molar refractivity (Wildman–Crippen MR) is 104 cm³/mol. The first-order valence-electron chi connectivity index (χ1n) is 9.28. The molecule has 2 aliphatic rings. The van der Waals surface area contributed by atoms with Crippen LogP contribution < -0.4 is 0 Å². The smallest absolute Gasteiger partial charge is 0.00549 e. The lowest BCUT2D eigenvalue weighted by Crippen LogP contribution is -1.96. The highest BCUT2D eigenvalue weighted by Gasteiger charge is 2.25. The lowest BCUT2D eigenvalue weighted by molar-refractivity contribution is 0.711. The van der Waals surface area contributed by atoms with Crippen molar-refractivity contribution in [1.82, 2.24) is 0 Å². The van der Waals surface area contributed by atoms with Crippen molar-refractivity contribution < 1.29 is 0 Å². The van der Waals surface area contributed by atoms with Gasteiger partial charge in [0, 0.05) is 0 Å². The van der Waals surface area contributed by atoms with E-state index in [1.165, 1.54) is 54.4 Å². The summed E-state index contributed by atoms with van der Waals surface area (Å²) in [5.74, 6) is 0. The van der Waals surface area contributed by atoms with Crippen LogP contribution in [0.25, 0.3) is 11.6 Å². The van der Waals surface area contributed by atoms with Crippen molar-refractivity contribution in [2.24, 2.45) is 0 Å². The number of hydrogen-bond acceptors (Lipinski definition) is 0. The topological polar surface area (TPSA) is 0 Å². The molecule has 2 aromatic carbocycles. The molecule has 0 nitrogen and oxygen atoms in total. The van der Waals surface area contributed by atoms with Gasteiger partial charge in [0.25, 0.3) is 0 Å². The molecule has 122 valence electrons. The molecule has 0 bridgehead atoms. The maximum atomic E-state index is 2.34. The average molecular weight is 314 g/mol. The Kier molecular flexibility index (Phi) is 4.14.